The van der Waals surface area contributed by atoms with Crippen LogP contribution in [0.1, 0.15) is 19.5 Å². The van der Waals surface area contributed by atoms with E-state index in [-0.39, 0.29) is 0 Å². The Hall–Kier alpha value is -1.34. The third-order valence-corrected chi connectivity index (χ3v) is 1.21. The molecule has 1 rings (SSSR count). The first kappa shape index (κ1) is 8.75. The molecule has 1 N–H and O–H groups in total. The van der Waals surface area contributed by atoms with E-state index in [0.717, 1.165) is 0 Å². The molecule has 0 fully saturated rings. The standard InChI is InChI=1S/C8H11N3O/c1-8(2,12)5-4-7-6-9-10-11(7)3/h6,12H,1-3H3. The maximum atomic E-state index is 9.28. The second kappa shape index (κ2) is 2.95. The maximum absolute atomic E-state index is 9.28. The Morgan fingerprint density at radius 1 is 1.58 bits per heavy atom. The molecule has 64 valence electrons. The van der Waals surface area contributed by atoms with E-state index in [9.17, 15) is 5.11 Å². The molecule has 0 atom stereocenters. The van der Waals surface area contributed by atoms with Crippen molar-refractivity contribution < 1.29 is 5.11 Å². The van der Waals surface area contributed by atoms with Crippen molar-refractivity contribution in [3.8, 4) is 11.8 Å². The largest absolute Gasteiger partial charge is 0.378 e. The molecule has 0 amide bonds. The second-order valence-electron chi connectivity index (χ2n) is 3.05. The number of aryl methyl sites for hydroxylation is 1. The Bertz CT molecular complexity index is 324. The van der Waals surface area contributed by atoms with E-state index in [1.165, 1.54) is 0 Å². The monoisotopic (exact) mass is 165 g/mol. The third-order valence-electron chi connectivity index (χ3n) is 1.21. The number of hydrogen-bond acceptors (Lipinski definition) is 3. The van der Waals surface area contributed by atoms with Gasteiger partial charge in [-0.15, -0.1) is 5.10 Å². The molecule has 0 radical (unpaired) electrons. The minimum Gasteiger partial charge on any atom is -0.378 e. The predicted molar refractivity (Wildman–Crippen MR) is 44.2 cm³/mol. The predicted octanol–water partition coefficient (Wildman–Crippen LogP) is -0.0625. The van der Waals surface area contributed by atoms with Gasteiger partial charge >= 0.3 is 0 Å². The van der Waals surface area contributed by atoms with E-state index in [4.69, 9.17) is 0 Å². The summed E-state index contributed by atoms with van der Waals surface area (Å²) in [4.78, 5) is 0. The molecule has 0 bridgehead atoms. The average molecular weight is 165 g/mol. The van der Waals surface area contributed by atoms with Crippen LogP contribution in [0.25, 0.3) is 0 Å². The molecule has 0 aliphatic rings. The summed E-state index contributed by atoms with van der Waals surface area (Å²) in [5.74, 6) is 5.44. The molecule has 4 nitrogen and oxygen atoms in total. The first-order valence-electron chi connectivity index (χ1n) is 3.59. The molecule has 1 aromatic heterocycles. The second-order valence-corrected chi connectivity index (χ2v) is 3.05. The van der Waals surface area contributed by atoms with Gasteiger partial charge in [0.25, 0.3) is 0 Å². The summed E-state index contributed by atoms with van der Waals surface area (Å²) in [7, 11) is 1.75. The Balaban J connectivity index is 2.87. The van der Waals surface area contributed by atoms with Gasteiger partial charge in [0.05, 0.1) is 6.20 Å². The molecule has 0 unspecified atom stereocenters. The summed E-state index contributed by atoms with van der Waals surface area (Å²) in [6.07, 6.45) is 1.55. The first-order valence-corrected chi connectivity index (χ1v) is 3.59. The van der Waals surface area contributed by atoms with Gasteiger partial charge in [-0.25, -0.2) is 4.68 Å². The Morgan fingerprint density at radius 2 is 2.25 bits per heavy atom. The summed E-state index contributed by atoms with van der Waals surface area (Å²) < 4.78 is 1.55. The number of aliphatic hydroxyl groups is 1. The zero-order valence-corrected chi connectivity index (χ0v) is 7.37. The average Bonchev–Trinajstić information content (AvgIpc) is 2.29. The topological polar surface area (TPSA) is 50.9 Å². The molecule has 0 aliphatic heterocycles. The van der Waals surface area contributed by atoms with Crippen molar-refractivity contribution in [3.05, 3.63) is 11.9 Å². The van der Waals surface area contributed by atoms with Gasteiger partial charge in [0.2, 0.25) is 0 Å². The maximum Gasteiger partial charge on any atom is 0.131 e. The van der Waals surface area contributed by atoms with Gasteiger partial charge in [0.1, 0.15) is 11.3 Å². The van der Waals surface area contributed by atoms with Crippen LogP contribution < -0.4 is 0 Å². The zero-order valence-electron chi connectivity index (χ0n) is 7.37. The highest BCUT2D eigenvalue weighted by atomic mass is 16.3. The van der Waals surface area contributed by atoms with Crippen LogP contribution in [-0.4, -0.2) is 25.7 Å². The van der Waals surface area contributed by atoms with E-state index in [2.05, 4.69) is 22.2 Å². The van der Waals surface area contributed by atoms with E-state index in [1.807, 2.05) is 0 Å². The van der Waals surface area contributed by atoms with E-state index in [0.29, 0.717) is 5.69 Å². The van der Waals surface area contributed by atoms with Gasteiger partial charge in [0, 0.05) is 7.05 Å². The summed E-state index contributed by atoms with van der Waals surface area (Å²) in [5.41, 5.74) is -0.276. The molecule has 0 aromatic carbocycles. The molecule has 1 aromatic rings. The Morgan fingerprint density at radius 3 is 2.67 bits per heavy atom. The molecular formula is C8H11N3O. The van der Waals surface area contributed by atoms with Gasteiger partial charge in [-0.05, 0) is 19.8 Å². The molecular weight excluding hydrogens is 154 g/mol. The molecule has 4 heteroatoms. The lowest BCUT2D eigenvalue weighted by molar-refractivity contribution is 0.143. The van der Waals surface area contributed by atoms with Crippen LogP contribution >= 0.6 is 0 Å². The van der Waals surface area contributed by atoms with Gasteiger partial charge < -0.3 is 5.11 Å². The number of nitrogens with zero attached hydrogens (tertiary/aromatic N) is 3. The highest BCUT2D eigenvalue weighted by molar-refractivity contribution is 5.27. The van der Waals surface area contributed by atoms with Crippen LogP contribution in [0.3, 0.4) is 0 Å². The van der Waals surface area contributed by atoms with Crippen LogP contribution in [0.15, 0.2) is 6.20 Å². The molecule has 0 spiro atoms. The van der Waals surface area contributed by atoms with Crippen molar-refractivity contribution in [3.63, 3.8) is 0 Å². The van der Waals surface area contributed by atoms with Crippen LogP contribution in [-0.2, 0) is 7.05 Å². The lowest BCUT2D eigenvalue weighted by Crippen LogP contribution is -2.14. The summed E-state index contributed by atoms with van der Waals surface area (Å²) in [6.45, 7) is 3.26. The minimum absolute atomic E-state index is 0.692. The van der Waals surface area contributed by atoms with Gasteiger partial charge in [-0.3, -0.25) is 0 Å². The van der Waals surface area contributed by atoms with Crippen LogP contribution in [0, 0.1) is 11.8 Å². The molecule has 0 aliphatic carbocycles. The smallest absolute Gasteiger partial charge is 0.131 e. The van der Waals surface area contributed by atoms with E-state index < -0.39 is 5.60 Å². The summed E-state index contributed by atoms with van der Waals surface area (Å²) >= 11 is 0. The van der Waals surface area contributed by atoms with Crippen molar-refractivity contribution in [2.24, 2.45) is 7.05 Å². The van der Waals surface area contributed by atoms with Crippen molar-refractivity contribution in [1.29, 1.82) is 0 Å². The number of aromatic nitrogens is 3. The summed E-state index contributed by atoms with van der Waals surface area (Å²) in [5, 5.41) is 16.6. The van der Waals surface area contributed by atoms with Gasteiger partial charge in [0.15, 0.2) is 0 Å². The van der Waals surface area contributed by atoms with E-state index >= 15 is 0 Å². The van der Waals surface area contributed by atoms with Crippen molar-refractivity contribution in [2.45, 2.75) is 19.4 Å². The molecule has 0 saturated carbocycles. The highest BCUT2D eigenvalue weighted by Crippen LogP contribution is 1.98. The van der Waals surface area contributed by atoms with Crippen molar-refractivity contribution in [2.75, 3.05) is 0 Å². The third kappa shape index (κ3) is 2.36. The normalized spacial score (nSPS) is 10.7. The Kier molecular flexibility index (Phi) is 2.15. The van der Waals surface area contributed by atoms with Crippen LogP contribution in [0.5, 0.6) is 0 Å². The molecule has 1 heterocycles. The van der Waals surface area contributed by atoms with Gasteiger partial charge in [-0.1, -0.05) is 11.1 Å². The molecule has 12 heavy (non-hydrogen) atoms. The van der Waals surface area contributed by atoms with Crippen molar-refractivity contribution in [1.82, 2.24) is 15.0 Å². The number of hydrogen-bond donors (Lipinski definition) is 1. The quantitative estimate of drug-likeness (QED) is 0.548. The van der Waals surface area contributed by atoms with Crippen LogP contribution in [0.4, 0.5) is 0 Å². The van der Waals surface area contributed by atoms with Gasteiger partial charge in [-0.2, -0.15) is 0 Å². The lowest BCUT2D eigenvalue weighted by atomic mass is 10.1. The minimum atomic E-state index is -0.968. The zero-order chi connectivity index (χ0) is 9.19. The molecule has 0 saturated heterocycles. The fourth-order valence-corrected chi connectivity index (χ4v) is 0.620. The fraction of sp³-hybridized carbons (Fsp3) is 0.500. The van der Waals surface area contributed by atoms with E-state index in [1.54, 1.807) is 31.8 Å². The lowest BCUT2D eigenvalue weighted by Gasteiger charge is -2.05. The highest BCUT2D eigenvalue weighted by Gasteiger charge is 2.06. The fourth-order valence-electron chi connectivity index (χ4n) is 0.620. The summed E-state index contributed by atoms with van der Waals surface area (Å²) in [6, 6.07) is 0. The number of rotatable bonds is 0. The Labute approximate surface area is 71.2 Å². The van der Waals surface area contributed by atoms with Crippen LogP contribution in [0.2, 0.25) is 0 Å². The SMILES string of the molecule is Cn1nncc1C#CC(C)(C)O. The first-order chi connectivity index (χ1) is 5.49. The van der Waals surface area contributed by atoms with Crippen molar-refractivity contribution >= 4 is 0 Å².